The van der Waals surface area contributed by atoms with Crippen LogP contribution < -0.4 is 18.6 Å². The number of rotatable bonds is 11. The molecule has 66 heavy (non-hydrogen) atoms. The number of nitrogens with zero attached hydrogens (tertiary/aromatic N) is 4. The number of carbonyl (C=O) groups is 6. The summed E-state index contributed by atoms with van der Waals surface area (Å²) in [5.41, 5.74) is 7.90. The molecule has 0 bridgehead atoms. The smallest absolute Gasteiger partial charge is 0.363 e. The zero-order valence-corrected chi connectivity index (χ0v) is 35.8. The number of aromatic nitrogens is 2. The molecule has 14 heteroatoms. The second kappa shape index (κ2) is 16.9. The number of methoxy groups -OCH3 is 2. The van der Waals surface area contributed by atoms with E-state index in [0.717, 1.165) is 65.9 Å². The van der Waals surface area contributed by atoms with Crippen LogP contribution >= 0.6 is 0 Å². The fraction of sp³-hybridized carbons (Fsp3) is 0.154. The highest BCUT2D eigenvalue weighted by Gasteiger charge is 2.35. The molecular formula is C52H40N4O10+2. The van der Waals surface area contributed by atoms with E-state index >= 15 is 0 Å². The summed E-state index contributed by atoms with van der Waals surface area (Å²) in [6.45, 7) is 0.836. The van der Waals surface area contributed by atoms with Gasteiger partial charge in [-0.1, -0.05) is 48.5 Å². The van der Waals surface area contributed by atoms with Crippen LogP contribution in [0.5, 0.6) is 11.5 Å². The maximum atomic E-state index is 13.0. The molecule has 8 aromatic rings. The monoisotopic (exact) mass is 880 g/mol. The minimum Gasteiger partial charge on any atom is -0.497 e. The highest BCUT2D eigenvalue weighted by molar-refractivity contribution is 6.19. The quantitative estimate of drug-likeness (QED) is 0.0748. The number of amides is 4. The summed E-state index contributed by atoms with van der Waals surface area (Å²) in [5, 5.41) is 5.01. The van der Waals surface area contributed by atoms with E-state index in [1.54, 1.807) is 38.5 Å². The van der Waals surface area contributed by atoms with Crippen LogP contribution in [0.4, 0.5) is 0 Å². The lowest BCUT2D eigenvalue weighted by Gasteiger charge is -2.17. The molecule has 0 saturated carbocycles. The van der Waals surface area contributed by atoms with Crippen LogP contribution in [0.1, 0.15) is 57.5 Å². The lowest BCUT2D eigenvalue weighted by molar-refractivity contribution is -0.636. The van der Waals surface area contributed by atoms with Crippen LogP contribution in [0.2, 0.25) is 0 Å². The average molecular weight is 881 g/mol. The first kappa shape index (κ1) is 41.5. The topological polar surface area (TPSA) is 154 Å². The Labute approximate surface area is 376 Å². The van der Waals surface area contributed by atoms with Gasteiger partial charge in [-0.2, -0.15) is 9.13 Å². The molecule has 4 heterocycles. The van der Waals surface area contributed by atoms with Crippen molar-refractivity contribution in [1.82, 2.24) is 10.1 Å². The molecule has 10 rings (SSSR count). The molecule has 2 saturated heterocycles. The number of para-hydroxylation sites is 2. The number of hydroxylamine groups is 4. The Kier molecular flexibility index (Phi) is 10.6. The highest BCUT2D eigenvalue weighted by atomic mass is 16.7. The predicted octanol–water partition coefficient (Wildman–Crippen LogP) is 7.10. The van der Waals surface area contributed by atoms with Gasteiger partial charge in [-0.05, 0) is 60.7 Å². The maximum Gasteiger partial charge on any atom is 0.363 e. The van der Waals surface area contributed by atoms with Crippen molar-refractivity contribution in [1.29, 1.82) is 0 Å². The van der Waals surface area contributed by atoms with Gasteiger partial charge in [-0.3, -0.25) is 19.2 Å². The van der Waals surface area contributed by atoms with Gasteiger partial charge >= 0.3 is 11.9 Å². The van der Waals surface area contributed by atoms with E-state index in [-0.39, 0.29) is 36.8 Å². The molecule has 0 aliphatic carbocycles. The fourth-order valence-corrected chi connectivity index (χ4v) is 8.86. The van der Waals surface area contributed by atoms with E-state index in [0.29, 0.717) is 34.7 Å². The number of hydrogen-bond donors (Lipinski definition) is 0. The Morgan fingerprint density at radius 3 is 1.17 bits per heavy atom. The van der Waals surface area contributed by atoms with Crippen molar-refractivity contribution in [3.8, 4) is 22.6 Å². The number of pyridine rings is 2. The van der Waals surface area contributed by atoms with Crippen LogP contribution in [-0.2, 0) is 41.9 Å². The van der Waals surface area contributed by atoms with Gasteiger partial charge in [0.05, 0.1) is 59.0 Å². The van der Waals surface area contributed by atoms with Crippen LogP contribution in [0.25, 0.3) is 54.7 Å². The summed E-state index contributed by atoms with van der Waals surface area (Å²) in [6, 6.07) is 42.4. The summed E-state index contributed by atoms with van der Waals surface area (Å²) in [7, 11) is 3.27. The number of benzene rings is 6. The van der Waals surface area contributed by atoms with Crippen molar-refractivity contribution in [3.05, 3.63) is 156 Å². The first-order chi connectivity index (χ1) is 32.1. The third-order valence-corrected chi connectivity index (χ3v) is 12.1. The van der Waals surface area contributed by atoms with Crippen LogP contribution in [-0.4, -0.2) is 59.9 Å². The first-order valence-corrected chi connectivity index (χ1v) is 21.3. The van der Waals surface area contributed by atoms with Crippen molar-refractivity contribution in [2.24, 2.45) is 0 Å². The summed E-state index contributed by atoms with van der Waals surface area (Å²) in [5.74, 6) is -2.42. The second-order valence-electron chi connectivity index (χ2n) is 16.0. The molecule has 14 nitrogen and oxygen atoms in total. The Bertz CT molecular complexity index is 3110. The van der Waals surface area contributed by atoms with Gasteiger partial charge in [0.2, 0.25) is 22.1 Å². The van der Waals surface area contributed by atoms with E-state index in [4.69, 9.17) is 19.1 Å². The first-order valence-electron chi connectivity index (χ1n) is 21.3. The van der Waals surface area contributed by atoms with E-state index in [2.05, 4.69) is 45.5 Å². The summed E-state index contributed by atoms with van der Waals surface area (Å²) in [6.07, 6.45) is 0.0333. The largest absolute Gasteiger partial charge is 0.497 e. The Morgan fingerprint density at radius 2 is 0.803 bits per heavy atom. The summed E-state index contributed by atoms with van der Waals surface area (Å²) < 4.78 is 16.1. The van der Waals surface area contributed by atoms with Crippen molar-refractivity contribution in [2.75, 3.05) is 14.2 Å². The third kappa shape index (κ3) is 7.37. The molecule has 2 aliphatic rings. The molecule has 0 atom stereocenters. The van der Waals surface area contributed by atoms with Gasteiger partial charge in [0.1, 0.15) is 11.5 Å². The van der Waals surface area contributed by atoms with Gasteiger partial charge in [-0.25, -0.2) is 9.59 Å². The van der Waals surface area contributed by atoms with Gasteiger partial charge < -0.3 is 19.1 Å². The van der Waals surface area contributed by atoms with E-state index in [9.17, 15) is 28.8 Å². The summed E-state index contributed by atoms with van der Waals surface area (Å²) >= 11 is 0. The van der Waals surface area contributed by atoms with Crippen LogP contribution in [0, 0.1) is 0 Å². The van der Waals surface area contributed by atoms with E-state index < -0.39 is 35.6 Å². The molecule has 0 spiro atoms. The van der Waals surface area contributed by atoms with Crippen molar-refractivity contribution in [2.45, 2.75) is 38.8 Å². The maximum absolute atomic E-state index is 13.0. The zero-order valence-electron chi connectivity index (χ0n) is 35.8. The molecule has 0 N–H and O–H groups in total. The average Bonchev–Trinajstić information content (AvgIpc) is 3.84. The Morgan fingerprint density at radius 1 is 0.455 bits per heavy atom. The molecule has 2 aliphatic heterocycles. The molecule has 0 radical (unpaired) electrons. The number of fused-ring (bicyclic) bond motifs is 4. The van der Waals surface area contributed by atoms with Gasteiger partial charge in [0.25, 0.3) is 23.6 Å². The molecule has 6 aromatic carbocycles. The molecule has 2 aromatic heterocycles. The molecule has 4 amide bonds. The normalized spacial score (nSPS) is 14.0. The van der Waals surface area contributed by atoms with Crippen molar-refractivity contribution < 1.29 is 57.1 Å². The second-order valence-corrected chi connectivity index (χ2v) is 16.0. The standard InChI is InChI=1S/C52H40N4O10/c1-63-35-19-21-39-43(27-35)53(29-31-11-15-33(16-12-31)51(61)65-55-45(57)23-24-46(55)58)41-9-5-3-7-37(41)49(39)50-38-8-4-6-10-42(38)54(44-28-36(64-2)20-22-40(44)50)30-32-13-17-34(18-14-32)52(62)66-56-47(59)25-26-48(56)60/h3-22,27-28H,23-26,29-30H2,1-2H3/q+2. The highest BCUT2D eigenvalue weighted by Crippen LogP contribution is 2.43. The van der Waals surface area contributed by atoms with Crippen molar-refractivity contribution in [3.63, 3.8) is 0 Å². The van der Waals surface area contributed by atoms with Gasteiger partial charge in [0, 0.05) is 60.1 Å². The predicted molar refractivity (Wildman–Crippen MR) is 239 cm³/mol. The molecule has 0 unspecified atom stereocenters. The molecular weight excluding hydrogens is 841 g/mol. The van der Waals surface area contributed by atoms with E-state index in [1.165, 1.54) is 0 Å². The number of ether oxygens (including phenoxy) is 2. The summed E-state index contributed by atoms with van der Waals surface area (Å²) in [4.78, 5) is 84.6. The van der Waals surface area contributed by atoms with Crippen molar-refractivity contribution >= 4 is 79.2 Å². The molecule has 2 fully saturated rings. The lowest BCUT2D eigenvalue weighted by atomic mass is 9.89. The number of imide groups is 2. The SMILES string of the molecule is COc1ccc2c(-c3c4ccccc4[n+](Cc4ccc(C(=O)ON5C(=O)CCC5=O)cc4)c4cc(OC)ccc34)c3ccccc3[n+](Cc3ccc(C(=O)ON4C(=O)CCC4=O)cc3)c2c1. The van der Waals surface area contributed by atoms with Gasteiger partial charge in [0.15, 0.2) is 13.1 Å². The Balaban J connectivity index is 1.09. The minimum absolute atomic E-state index is 0.00832. The van der Waals surface area contributed by atoms with Crippen LogP contribution in [0.15, 0.2) is 133 Å². The zero-order chi connectivity index (χ0) is 45.6. The minimum atomic E-state index is -0.795. The number of carbonyl (C=O) groups excluding carboxylic acids is 6. The van der Waals surface area contributed by atoms with Gasteiger partial charge in [-0.15, -0.1) is 10.1 Å². The van der Waals surface area contributed by atoms with E-state index in [1.807, 2.05) is 72.8 Å². The van der Waals surface area contributed by atoms with Crippen LogP contribution in [0.3, 0.4) is 0 Å². The molecule has 326 valence electrons. The third-order valence-electron chi connectivity index (χ3n) is 12.1. The number of hydrogen-bond acceptors (Lipinski definition) is 10. The fourth-order valence-electron chi connectivity index (χ4n) is 8.86. The lowest BCUT2D eigenvalue weighted by Crippen LogP contribution is -2.37. The Hall–Kier alpha value is -8.52.